The van der Waals surface area contributed by atoms with Gasteiger partial charge in [-0.1, -0.05) is 15.9 Å². The van der Waals surface area contributed by atoms with Crippen LogP contribution in [-0.2, 0) is 0 Å². The van der Waals surface area contributed by atoms with E-state index in [1.165, 1.54) is 0 Å². The Kier molecular flexibility index (Phi) is 3.28. The zero-order valence-electron chi connectivity index (χ0n) is 4.19. The lowest BCUT2D eigenvalue weighted by molar-refractivity contribution is 0.114. The monoisotopic (exact) mass is 184 g/mol. The fourth-order valence-corrected chi connectivity index (χ4v) is 0.659. The maximum atomic E-state index is 9.01. The molecule has 0 spiro atoms. The van der Waals surface area contributed by atoms with Gasteiger partial charge in [-0.25, -0.2) is 0 Å². The third-order valence-electron chi connectivity index (χ3n) is 0.629. The number of aliphatic hydroxyl groups is 1. The summed E-state index contributed by atoms with van der Waals surface area (Å²) in [5.74, 6) is 0.498. The summed E-state index contributed by atoms with van der Waals surface area (Å²) in [6, 6.07) is 0. The standard InChI is InChI=1S/C4H9BrOS/c1-4(6,2-5)3-7/h6-7H,2-3H2,1H3. The first-order valence-corrected chi connectivity index (χ1v) is 3.77. The predicted molar refractivity (Wildman–Crippen MR) is 38.3 cm³/mol. The molecule has 0 aliphatic rings. The molecule has 0 amide bonds. The van der Waals surface area contributed by atoms with Crippen molar-refractivity contribution in [3.8, 4) is 0 Å². The Bertz CT molecular complexity index is 49.7. The molecular formula is C4H9BrOS. The van der Waals surface area contributed by atoms with E-state index in [0.717, 1.165) is 0 Å². The maximum absolute atomic E-state index is 9.01. The first kappa shape index (κ1) is 7.79. The Morgan fingerprint density at radius 1 is 1.86 bits per heavy atom. The van der Waals surface area contributed by atoms with Crippen LogP contribution in [0.5, 0.6) is 0 Å². The van der Waals surface area contributed by atoms with Crippen molar-refractivity contribution in [2.75, 3.05) is 11.1 Å². The van der Waals surface area contributed by atoms with E-state index in [2.05, 4.69) is 28.6 Å². The molecule has 0 aliphatic carbocycles. The molecule has 0 fully saturated rings. The minimum atomic E-state index is -0.636. The maximum Gasteiger partial charge on any atom is 0.0803 e. The Morgan fingerprint density at radius 3 is 2.29 bits per heavy atom. The highest BCUT2D eigenvalue weighted by Gasteiger charge is 2.14. The van der Waals surface area contributed by atoms with Crippen LogP contribution in [0.15, 0.2) is 0 Å². The molecule has 44 valence electrons. The van der Waals surface area contributed by atoms with Gasteiger partial charge in [0, 0.05) is 11.1 Å². The van der Waals surface area contributed by atoms with Crippen molar-refractivity contribution >= 4 is 28.6 Å². The summed E-state index contributed by atoms with van der Waals surface area (Å²) in [5, 5.41) is 9.60. The van der Waals surface area contributed by atoms with Crippen molar-refractivity contribution in [3.05, 3.63) is 0 Å². The average Bonchev–Trinajstić information content (AvgIpc) is 1.68. The van der Waals surface area contributed by atoms with Crippen LogP contribution in [0.2, 0.25) is 0 Å². The van der Waals surface area contributed by atoms with E-state index in [-0.39, 0.29) is 0 Å². The summed E-state index contributed by atoms with van der Waals surface area (Å²) in [6.07, 6.45) is 0. The largest absolute Gasteiger partial charge is 0.388 e. The number of rotatable bonds is 2. The number of alkyl halides is 1. The molecule has 3 heteroatoms. The Balaban J connectivity index is 3.36. The fraction of sp³-hybridized carbons (Fsp3) is 1.00. The van der Waals surface area contributed by atoms with Crippen LogP contribution in [0.4, 0.5) is 0 Å². The van der Waals surface area contributed by atoms with E-state index in [1.807, 2.05) is 0 Å². The van der Waals surface area contributed by atoms with Crippen LogP contribution >= 0.6 is 28.6 Å². The van der Waals surface area contributed by atoms with Crippen LogP contribution in [0.3, 0.4) is 0 Å². The molecule has 1 unspecified atom stereocenters. The molecule has 0 aliphatic heterocycles. The van der Waals surface area contributed by atoms with Crippen LogP contribution in [-0.4, -0.2) is 21.8 Å². The van der Waals surface area contributed by atoms with E-state index >= 15 is 0 Å². The lowest BCUT2D eigenvalue weighted by Gasteiger charge is -2.15. The molecule has 0 aromatic carbocycles. The van der Waals surface area contributed by atoms with E-state index < -0.39 is 5.60 Å². The first-order valence-electron chi connectivity index (χ1n) is 2.01. The predicted octanol–water partition coefficient (Wildman–Crippen LogP) is 1.06. The van der Waals surface area contributed by atoms with Crippen LogP contribution in [0, 0.1) is 0 Å². The fourth-order valence-electron chi connectivity index (χ4n) is 0.0423. The van der Waals surface area contributed by atoms with Crippen molar-refractivity contribution in [3.63, 3.8) is 0 Å². The topological polar surface area (TPSA) is 20.2 Å². The van der Waals surface area contributed by atoms with E-state index in [9.17, 15) is 0 Å². The molecule has 0 saturated carbocycles. The van der Waals surface area contributed by atoms with Crippen LogP contribution < -0.4 is 0 Å². The molecule has 1 atom stereocenters. The normalized spacial score (nSPS) is 18.9. The summed E-state index contributed by atoms with van der Waals surface area (Å²) in [6.45, 7) is 1.73. The second-order valence-electron chi connectivity index (χ2n) is 1.79. The molecule has 0 heterocycles. The summed E-state index contributed by atoms with van der Waals surface area (Å²) >= 11 is 7.03. The Morgan fingerprint density at radius 2 is 2.29 bits per heavy atom. The average molecular weight is 185 g/mol. The minimum Gasteiger partial charge on any atom is -0.388 e. The SMILES string of the molecule is CC(O)(CS)CBr. The highest BCUT2D eigenvalue weighted by molar-refractivity contribution is 9.09. The third kappa shape index (κ3) is 3.38. The van der Waals surface area contributed by atoms with Crippen LogP contribution in [0.1, 0.15) is 6.92 Å². The van der Waals surface area contributed by atoms with Gasteiger partial charge in [-0.05, 0) is 6.92 Å². The Labute approximate surface area is 57.7 Å². The summed E-state index contributed by atoms with van der Waals surface area (Å²) in [4.78, 5) is 0. The van der Waals surface area contributed by atoms with Crippen molar-refractivity contribution in [2.24, 2.45) is 0 Å². The highest BCUT2D eigenvalue weighted by atomic mass is 79.9. The van der Waals surface area contributed by atoms with Gasteiger partial charge in [-0.2, -0.15) is 12.6 Å². The van der Waals surface area contributed by atoms with Gasteiger partial charge in [-0.15, -0.1) is 0 Å². The molecule has 0 saturated heterocycles. The van der Waals surface area contributed by atoms with E-state index in [1.54, 1.807) is 6.92 Å². The third-order valence-corrected chi connectivity index (χ3v) is 2.52. The second-order valence-corrected chi connectivity index (χ2v) is 2.67. The molecule has 0 bridgehead atoms. The zero-order valence-corrected chi connectivity index (χ0v) is 6.67. The minimum absolute atomic E-state index is 0.498. The lowest BCUT2D eigenvalue weighted by Crippen LogP contribution is -2.27. The van der Waals surface area contributed by atoms with Crippen molar-refractivity contribution in [1.29, 1.82) is 0 Å². The number of thiol groups is 1. The van der Waals surface area contributed by atoms with Crippen molar-refractivity contribution in [1.82, 2.24) is 0 Å². The molecule has 0 aromatic rings. The van der Waals surface area contributed by atoms with E-state index in [0.29, 0.717) is 11.1 Å². The van der Waals surface area contributed by atoms with Gasteiger partial charge in [0.15, 0.2) is 0 Å². The number of hydrogen-bond donors (Lipinski definition) is 2. The van der Waals surface area contributed by atoms with Gasteiger partial charge in [0.25, 0.3) is 0 Å². The summed E-state index contributed by atoms with van der Waals surface area (Å²) in [7, 11) is 0. The van der Waals surface area contributed by atoms with Gasteiger partial charge < -0.3 is 5.11 Å². The number of hydrogen-bond acceptors (Lipinski definition) is 2. The van der Waals surface area contributed by atoms with Crippen molar-refractivity contribution in [2.45, 2.75) is 12.5 Å². The molecule has 0 aromatic heterocycles. The van der Waals surface area contributed by atoms with E-state index in [4.69, 9.17) is 5.11 Å². The van der Waals surface area contributed by atoms with Gasteiger partial charge in [-0.3, -0.25) is 0 Å². The molecule has 1 N–H and O–H groups in total. The van der Waals surface area contributed by atoms with Gasteiger partial charge >= 0.3 is 0 Å². The lowest BCUT2D eigenvalue weighted by atomic mass is 10.2. The van der Waals surface area contributed by atoms with Gasteiger partial charge in [0.05, 0.1) is 5.60 Å². The molecular weight excluding hydrogens is 176 g/mol. The molecule has 1 nitrogen and oxygen atoms in total. The zero-order chi connectivity index (χ0) is 5.91. The quantitative estimate of drug-likeness (QED) is 0.487. The Hall–Kier alpha value is 0.790. The number of halogens is 1. The van der Waals surface area contributed by atoms with Crippen LogP contribution in [0.25, 0.3) is 0 Å². The summed E-state index contributed by atoms with van der Waals surface area (Å²) in [5.41, 5.74) is -0.636. The smallest absolute Gasteiger partial charge is 0.0803 e. The highest BCUT2D eigenvalue weighted by Crippen LogP contribution is 2.07. The second kappa shape index (κ2) is 2.95. The van der Waals surface area contributed by atoms with Crippen molar-refractivity contribution < 1.29 is 5.11 Å². The van der Waals surface area contributed by atoms with Gasteiger partial charge in [0.1, 0.15) is 0 Å². The molecule has 7 heavy (non-hydrogen) atoms. The first-order chi connectivity index (χ1) is 3.12. The summed E-state index contributed by atoms with van der Waals surface area (Å²) < 4.78 is 0. The molecule has 0 rings (SSSR count). The molecule has 0 radical (unpaired) electrons. The van der Waals surface area contributed by atoms with Gasteiger partial charge in [0.2, 0.25) is 0 Å².